The molecule has 0 bridgehead atoms. The third-order valence-electron chi connectivity index (χ3n) is 6.33. The molecular formula is C21H32FNO3. The fraction of sp³-hybridized carbons (Fsp3) is 0.714. The molecule has 5 heteroatoms. The maximum Gasteiger partial charge on any atom is 0.194 e. The minimum atomic E-state index is -0.960. The molecule has 4 nitrogen and oxygen atoms in total. The Labute approximate surface area is 156 Å². The van der Waals surface area contributed by atoms with Gasteiger partial charge in [0.15, 0.2) is 5.79 Å². The third-order valence-corrected chi connectivity index (χ3v) is 6.33. The van der Waals surface area contributed by atoms with Crippen molar-refractivity contribution in [3.8, 4) is 0 Å². The number of rotatable bonds is 5. The van der Waals surface area contributed by atoms with Crippen molar-refractivity contribution >= 4 is 0 Å². The molecule has 1 aromatic rings. The summed E-state index contributed by atoms with van der Waals surface area (Å²) in [6.45, 7) is 9.77. The van der Waals surface area contributed by atoms with Gasteiger partial charge < -0.3 is 14.2 Å². The van der Waals surface area contributed by atoms with Crippen LogP contribution in [0.2, 0.25) is 0 Å². The monoisotopic (exact) mass is 365 g/mol. The van der Waals surface area contributed by atoms with Crippen molar-refractivity contribution in [2.45, 2.75) is 70.4 Å². The highest BCUT2D eigenvalue weighted by molar-refractivity contribution is 5.15. The van der Waals surface area contributed by atoms with E-state index in [-0.39, 0.29) is 18.1 Å². The van der Waals surface area contributed by atoms with E-state index in [1.54, 1.807) is 14.0 Å². The van der Waals surface area contributed by atoms with Crippen molar-refractivity contribution in [3.05, 3.63) is 35.9 Å². The molecule has 1 aromatic carbocycles. The lowest BCUT2D eigenvalue weighted by Gasteiger charge is -2.57. The first-order valence-corrected chi connectivity index (χ1v) is 9.63. The number of alkyl halides is 1. The molecule has 2 saturated heterocycles. The molecule has 0 unspecified atom stereocenters. The number of methoxy groups -OCH3 is 1. The molecule has 146 valence electrons. The first kappa shape index (κ1) is 19.7. The van der Waals surface area contributed by atoms with Crippen molar-refractivity contribution < 1.29 is 18.6 Å². The molecule has 2 fully saturated rings. The van der Waals surface area contributed by atoms with Gasteiger partial charge in [-0.1, -0.05) is 37.3 Å². The van der Waals surface area contributed by atoms with E-state index in [1.165, 1.54) is 5.56 Å². The highest BCUT2D eigenvalue weighted by atomic mass is 19.1. The van der Waals surface area contributed by atoms with Gasteiger partial charge >= 0.3 is 0 Å². The Hall–Kier alpha value is -1.01. The number of piperidine rings is 1. The summed E-state index contributed by atoms with van der Waals surface area (Å²) in [4.78, 5) is 2.27. The quantitative estimate of drug-likeness (QED) is 0.794. The van der Waals surface area contributed by atoms with Gasteiger partial charge in [0.1, 0.15) is 17.9 Å². The van der Waals surface area contributed by atoms with Crippen LogP contribution in [0.1, 0.15) is 39.7 Å². The fourth-order valence-electron chi connectivity index (χ4n) is 4.24. The average Bonchev–Trinajstić information content (AvgIpc) is 2.63. The van der Waals surface area contributed by atoms with Crippen LogP contribution < -0.4 is 0 Å². The first-order valence-electron chi connectivity index (χ1n) is 9.63. The van der Waals surface area contributed by atoms with Gasteiger partial charge in [-0.15, -0.1) is 0 Å². The Morgan fingerprint density at radius 1 is 1.23 bits per heavy atom. The number of benzene rings is 1. The largest absolute Gasteiger partial charge is 0.363 e. The molecule has 0 spiro atoms. The molecule has 0 amide bonds. The second-order valence-corrected chi connectivity index (χ2v) is 7.99. The summed E-state index contributed by atoms with van der Waals surface area (Å²) in [6.07, 6.45) is -0.685. The predicted molar refractivity (Wildman–Crippen MR) is 99.6 cm³/mol. The number of halogens is 1. The van der Waals surface area contributed by atoms with Crippen molar-refractivity contribution in [2.24, 2.45) is 5.92 Å². The van der Waals surface area contributed by atoms with Gasteiger partial charge in [-0.25, -0.2) is 4.39 Å². The Balaban J connectivity index is 1.83. The SMILES string of the molecule is CC[C@@]1(C)O[C@@H]2[C@@H]([C@H](C)F)CN(Cc3ccccc3)C[C@H]2O[C@]1(C)OC. The maximum atomic E-state index is 14.5. The Morgan fingerprint density at radius 3 is 2.50 bits per heavy atom. The fourth-order valence-corrected chi connectivity index (χ4v) is 4.24. The number of fused-ring (bicyclic) bond motifs is 1. The van der Waals surface area contributed by atoms with Crippen LogP contribution in [0.3, 0.4) is 0 Å². The van der Waals surface area contributed by atoms with E-state index in [9.17, 15) is 4.39 Å². The van der Waals surface area contributed by atoms with Gasteiger partial charge in [-0.05, 0) is 32.8 Å². The van der Waals surface area contributed by atoms with Crippen LogP contribution in [0, 0.1) is 5.92 Å². The van der Waals surface area contributed by atoms with Crippen molar-refractivity contribution in [2.75, 3.05) is 20.2 Å². The van der Waals surface area contributed by atoms with Crippen LogP contribution >= 0.6 is 0 Å². The summed E-state index contributed by atoms with van der Waals surface area (Å²) >= 11 is 0. The van der Waals surface area contributed by atoms with E-state index < -0.39 is 17.6 Å². The van der Waals surface area contributed by atoms with Crippen LogP contribution in [0.4, 0.5) is 4.39 Å². The average molecular weight is 365 g/mol. The molecule has 0 N–H and O–H groups in total. The zero-order valence-electron chi connectivity index (χ0n) is 16.6. The van der Waals surface area contributed by atoms with E-state index in [4.69, 9.17) is 14.2 Å². The number of likely N-dealkylation sites (tertiary alicyclic amines) is 1. The lowest BCUT2D eigenvalue weighted by atomic mass is 9.83. The zero-order valence-corrected chi connectivity index (χ0v) is 16.6. The molecule has 2 heterocycles. The minimum Gasteiger partial charge on any atom is -0.363 e. The first-order chi connectivity index (χ1) is 12.3. The van der Waals surface area contributed by atoms with Gasteiger partial charge in [-0.3, -0.25) is 4.90 Å². The third kappa shape index (κ3) is 3.55. The highest BCUT2D eigenvalue weighted by Crippen LogP contribution is 2.44. The van der Waals surface area contributed by atoms with Gasteiger partial charge in [-0.2, -0.15) is 0 Å². The second-order valence-electron chi connectivity index (χ2n) is 7.99. The molecule has 0 saturated carbocycles. The summed E-state index contributed by atoms with van der Waals surface area (Å²) in [6, 6.07) is 10.3. The summed E-state index contributed by atoms with van der Waals surface area (Å²) < 4.78 is 33.1. The van der Waals surface area contributed by atoms with Gasteiger partial charge in [0.25, 0.3) is 0 Å². The summed E-state index contributed by atoms with van der Waals surface area (Å²) in [5, 5.41) is 0. The normalized spacial score (nSPS) is 39.4. The molecule has 0 radical (unpaired) electrons. The molecular weight excluding hydrogens is 333 g/mol. The highest BCUT2D eigenvalue weighted by Gasteiger charge is 2.58. The number of nitrogens with zero attached hydrogens (tertiary/aromatic N) is 1. The molecule has 2 aliphatic heterocycles. The van der Waals surface area contributed by atoms with Gasteiger partial charge in [0, 0.05) is 32.7 Å². The molecule has 2 aliphatic rings. The summed E-state index contributed by atoms with van der Waals surface area (Å²) in [5.41, 5.74) is 0.623. The molecule has 3 rings (SSSR count). The Morgan fingerprint density at radius 2 is 1.92 bits per heavy atom. The summed E-state index contributed by atoms with van der Waals surface area (Å²) in [5.74, 6) is -1.06. The minimum absolute atomic E-state index is 0.208. The molecule has 26 heavy (non-hydrogen) atoms. The van der Waals surface area contributed by atoms with Crippen LogP contribution in [0.5, 0.6) is 0 Å². The zero-order chi connectivity index (χ0) is 18.9. The van der Waals surface area contributed by atoms with Crippen LogP contribution in [0.25, 0.3) is 0 Å². The Kier molecular flexibility index (Phi) is 5.73. The van der Waals surface area contributed by atoms with E-state index in [1.807, 2.05) is 32.0 Å². The molecule has 6 atom stereocenters. The maximum absolute atomic E-state index is 14.5. The smallest absolute Gasteiger partial charge is 0.194 e. The van der Waals surface area contributed by atoms with Crippen LogP contribution in [-0.2, 0) is 20.8 Å². The van der Waals surface area contributed by atoms with E-state index in [0.29, 0.717) is 13.1 Å². The van der Waals surface area contributed by atoms with Crippen molar-refractivity contribution in [3.63, 3.8) is 0 Å². The standard InChI is InChI=1S/C21H32FNO3/c1-6-20(3)21(4,24-5)25-18-14-23(12-16-10-8-7-9-11-16)13-17(15(2)22)19(18)26-20/h7-11,15,17-19H,6,12-14H2,1-5H3/t15-,17+,18+,19+,20+,21-/m0/s1. The number of ether oxygens (including phenoxy) is 3. The molecule has 0 aromatic heterocycles. The van der Waals surface area contributed by atoms with Crippen molar-refractivity contribution in [1.29, 1.82) is 0 Å². The van der Waals surface area contributed by atoms with E-state index >= 15 is 0 Å². The van der Waals surface area contributed by atoms with E-state index in [2.05, 4.69) is 24.0 Å². The van der Waals surface area contributed by atoms with Crippen molar-refractivity contribution in [1.82, 2.24) is 4.90 Å². The lowest BCUT2D eigenvalue weighted by Crippen LogP contribution is -2.70. The van der Waals surface area contributed by atoms with E-state index in [0.717, 1.165) is 13.0 Å². The second kappa shape index (κ2) is 7.55. The Bertz CT molecular complexity index is 598. The van der Waals surface area contributed by atoms with Crippen LogP contribution in [0.15, 0.2) is 30.3 Å². The topological polar surface area (TPSA) is 30.9 Å². The lowest BCUT2D eigenvalue weighted by molar-refractivity contribution is -0.400. The van der Waals surface area contributed by atoms with Crippen LogP contribution in [-0.4, -0.2) is 54.9 Å². The summed E-state index contributed by atoms with van der Waals surface area (Å²) in [7, 11) is 1.65. The number of hydrogen-bond acceptors (Lipinski definition) is 4. The van der Waals surface area contributed by atoms with Gasteiger partial charge in [0.2, 0.25) is 0 Å². The van der Waals surface area contributed by atoms with Gasteiger partial charge in [0.05, 0.1) is 6.10 Å². The molecule has 0 aliphatic carbocycles. The predicted octanol–water partition coefficient (Wildman–Crippen LogP) is 3.79. The number of hydrogen-bond donors (Lipinski definition) is 0.